The number of nitrogens with one attached hydrogen (secondary N) is 2. The number of rotatable bonds is 2. The minimum absolute atomic E-state index is 0.290. The zero-order valence-electron chi connectivity index (χ0n) is 8.99. The van der Waals surface area contributed by atoms with Gasteiger partial charge in [0.2, 0.25) is 11.7 Å². The molecule has 0 aliphatic rings. The standard InChI is InChI=1S/C9H7F2N3O4/c1-4(15)12-13-9(16)5-2-7(11)8(14(17)18)3-6(5)10/h2-3H,1H3,(H,12,15)(H,13,16). The number of hydrazine groups is 1. The van der Waals surface area contributed by atoms with Gasteiger partial charge in [-0.2, -0.15) is 4.39 Å². The normalized spacial score (nSPS) is 9.72. The quantitative estimate of drug-likeness (QED) is 0.601. The Morgan fingerprint density at radius 3 is 2.33 bits per heavy atom. The van der Waals surface area contributed by atoms with E-state index in [0.717, 1.165) is 6.92 Å². The van der Waals surface area contributed by atoms with Gasteiger partial charge in [0.1, 0.15) is 5.82 Å². The smallest absolute Gasteiger partial charge is 0.274 e. The minimum atomic E-state index is -1.35. The van der Waals surface area contributed by atoms with Crippen molar-refractivity contribution in [3.63, 3.8) is 0 Å². The van der Waals surface area contributed by atoms with Gasteiger partial charge in [-0.25, -0.2) is 4.39 Å². The first kappa shape index (κ1) is 13.5. The third-order valence-electron chi connectivity index (χ3n) is 1.83. The number of benzene rings is 1. The van der Waals surface area contributed by atoms with Crippen molar-refractivity contribution in [2.75, 3.05) is 0 Å². The Balaban J connectivity index is 3.04. The number of hydrogen-bond donors (Lipinski definition) is 2. The van der Waals surface area contributed by atoms with Crippen LogP contribution in [0.15, 0.2) is 12.1 Å². The van der Waals surface area contributed by atoms with Gasteiger partial charge in [-0.05, 0) is 6.07 Å². The van der Waals surface area contributed by atoms with Crippen LogP contribution in [0.3, 0.4) is 0 Å². The van der Waals surface area contributed by atoms with Crippen LogP contribution >= 0.6 is 0 Å². The highest BCUT2D eigenvalue weighted by molar-refractivity contribution is 5.95. The van der Waals surface area contributed by atoms with Crippen LogP contribution in [0.2, 0.25) is 0 Å². The van der Waals surface area contributed by atoms with Crippen LogP contribution < -0.4 is 10.9 Å². The molecule has 0 heterocycles. The average molecular weight is 259 g/mol. The van der Waals surface area contributed by atoms with E-state index >= 15 is 0 Å². The van der Waals surface area contributed by atoms with Crippen LogP contribution in [0.1, 0.15) is 17.3 Å². The number of nitrogens with zero attached hydrogens (tertiary/aromatic N) is 1. The fraction of sp³-hybridized carbons (Fsp3) is 0.111. The molecule has 1 rings (SSSR count). The van der Waals surface area contributed by atoms with Crippen LogP contribution in [-0.4, -0.2) is 16.7 Å². The summed E-state index contributed by atoms with van der Waals surface area (Å²) in [6, 6.07) is 0.669. The SMILES string of the molecule is CC(=O)NNC(=O)c1cc(F)c([N+](=O)[O-])cc1F. The van der Waals surface area contributed by atoms with E-state index in [-0.39, 0.29) is 6.07 Å². The zero-order valence-corrected chi connectivity index (χ0v) is 8.99. The summed E-state index contributed by atoms with van der Waals surface area (Å²) < 4.78 is 26.5. The molecule has 1 aromatic carbocycles. The second-order valence-electron chi connectivity index (χ2n) is 3.18. The highest BCUT2D eigenvalue weighted by Gasteiger charge is 2.21. The molecular weight excluding hydrogens is 252 g/mol. The number of halogens is 2. The number of nitro benzene ring substituents is 1. The lowest BCUT2D eigenvalue weighted by atomic mass is 10.1. The summed E-state index contributed by atoms with van der Waals surface area (Å²) in [4.78, 5) is 31.0. The van der Waals surface area contributed by atoms with Crippen molar-refractivity contribution in [2.45, 2.75) is 6.92 Å². The third kappa shape index (κ3) is 2.97. The average Bonchev–Trinajstić information content (AvgIpc) is 2.28. The van der Waals surface area contributed by atoms with Crippen molar-refractivity contribution in [3.8, 4) is 0 Å². The first-order chi connectivity index (χ1) is 8.32. The van der Waals surface area contributed by atoms with Gasteiger partial charge in [-0.15, -0.1) is 0 Å². The maximum absolute atomic E-state index is 13.3. The molecule has 0 saturated heterocycles. The molecule has 0 aromatic heterocycles. The van der Waals surface area contributed by atoms with Crippen LogP contribution in [-0.2, 0) is 4.79 Å². The monoisotopic (exact) mass is 259 g/mol. The van der Waals surface area contributed by atoms with E-state index in [1.165, 1.54) is 0 Å². The molecule has 0 radical (unpaired) electrons. The van der Waals surface area contributed by atoms with Crippen molar-refractivity contribution >= 4 is 17.5 Å². The van der Waals surface area contributed by atoms with Gasteiger partial charge in [0.25, 0.3) is 5.91 Å². The van der Waals surface area contributed by atoms with Gasteiger partial charge < -0.3 is 0 Å². The molecule has 0 fully saturated rings. The topological polar surface area (TPSA) is 101 Å². The summed E-state index contributed by atoms with van der Waals surface area (Å²) >= 11 is 0. The molecule has 0 aliphatic heterocycles. The number of amides is 2. The predicted octanol–water partition coefficient (Wildman–Crippen LogP) is 0.654. The largest absolute Gasteiger partial charge is 0.307 e. The highest BCUT2D eigenvalue weighted by Crippen LogP contribution is 2.21. The Hall–Kier alpha value is -2.58. The molecule has 2 N–H and O–H groups in total. The Labute approximate surface area is 98.9 Å². The van der Waals surface area contributed by atoms with Gasteiger partial charge in [0, 0.05) is 6.92 Å². The molecule has 0 aliphatic carbocycles. The Morgan fingerprint density at radius 2 is 1.83 bits per heavy atom. The molecule has 0 saturated carbocycles. The zero-order chi connectivity index (χ0) is 13.9. The van der Waals surface area contributed by atoms with Gasteiger partial charge in [-0.1, -0.05) is 0 Å². The number of hydrogen-bond acceptors (Lipinski definition) is 4. The summed E-state index contributed by atoms with van der Waals surface area (Å²) in [5.74, 6) is -4.37. The van der Waals surface area contributed by atoms with E-state index in [4.69, 9.17) is 0 Å². The van der Waals surface area contributed by atoms with Crippen LogP contribution in [0.5, 0.6) is 0 Å². The van der Waals surface area contributed by atoms with E-state index in [9.17, 15) is 28.5 Å². The van der Waals surface area contributed by atoms with E-state index in [1.807, 2.05) is 5.43 Å². The Kier molecular flexibility index (Phi) is 3.87. The van der Waals surface area contributed by atoms with Gasteiger partial charge >= 0.3 is 5.69 Å². The van der Waals surface area contributed by atoms with Crippen molar-refractivity contribution in [1.82, 2.24) is 10.9 Å². The number of nitro groups is 1. The van der Waals surface area contributed by atoms with E-state index in [2.05, 4.69) is 0 Å². The first-order valence-corrected chi connectivity index (χ1v) is 4.53. The molecule has 2 amide bonds. The molecule has 96 valence electrons. The molecule has 0 bridgehead atoms. The number of carbonyl (C=O) groups is 2. The van der Waals surface area contributed by atoms with Crippen molar-refractivity contribution in [3.05, 3.63) is 39.4 Å². The Morgan fingerprint density at radius 1 is 1.22 bits per heavy atom. The van der Waals surface area contributed by atoms with Crippen molar-refractivity contribution in [2.24, 2.45) is 0 Å². The first-order valence-electron chi connectivity index (χ1n) is 4.53. The lowest BCUT2D eigenvalue weighted by molar-refractivity contribution is -0.387. The summed E-state index contributed by atoms with van der Waals surface area (Å²) in [6.07, 6.45) is 0. The fourth-order valence-corrected chi connectivity index (χ4v) is 1.06. The summed E-state index contributed by atoms with van der Waals surface area (Å²) in [5.41, 5.74) is 1.83. The second-order valence-corrected chi connectivity index (χ2v) is 3.18. The fourth-order valence-electron chi connectivity index (χ4n) is 1.06. The van der Waals surface area contributed by atoms with E-state index < -0.39 is 39.6 Å². The lowest BCUT2D eigenvalue weighted by Crippen LogP contribution is -2.40. The summed E-state index contributed by atoms with van der Waals surface area (Å²) in [6.45, 7) is 1.09. The predicted molar refractivity (Wildman–Crippen MR) is 54.3 cm³/mol. The third-order valence-corrected chi connectivity index (χ3v) is 1.83. The van der Waals surface area contributed by atoms with E-state index in [1.54, 1.807) is 5.43 Å². The molecule has 1 aromatic rings. The second kappa shape index (κ2) is 5.17. The van der Waals surface area contributed by atoms with Gasteiger partial charge in [-0.3, -0.25) is 30.6 Å². The van der Waals surface area contributed by atoms with E-state index in [0.29, 0.717) is 6.07 Å². The Bertz CT molecular complexity index is 533. The van der Waals surface area contributed by atoms with Crippen LogP contribution in [0.4, 0.5) is 14.5 Å². The molecule has 0 atom stereocenters. The maximum Gasteiger partial charge on any atom is 0.307 e. The maximum atomic E-state index is 13.3. The van der Waals surface area contributed by atoms with Crippen LogP contribution in [0.25, 0.3) is 0 Å². The van der Waals surface area contributed by atoms with Gasteiger partial charge in [0.15, 0.2) is 0 Å². The highest BCUT2D eigenvalue weighted by atomic mass is 19.1. The van der Waals surface area contributed by atoms with Crippen molar-refractivity contribution < 1.29 is 23.3 Å². The molecule has 7 nitrogen and oxygen atoms in total. The van der Waals surface area contributed by atoms with Gasteiger partial charge in [0.05, 0.1) is 16.6 Å². The molecule has 9 heteroatoms. The minimum Gasteiger partial charge on any atom is -0.274 e. The lowest BCUT2D eigenvalue weighted by Gasteiger charge is -2.06. The molecule has 0 spiro atoms. The summed E-state index contributed by atoms with van der Waals surface area (Å²) in [7, 11) is 0. The molecule has 18 heavy (non-hydrogen) atoms. The van der Waals surface area contributed by atoms with Crippen molar-refractivity contribution in [1.29, 1.82) is 0 Å². The molecular formula is C9H7F2N3O4. The molecule has 0 unspecified atom stereocenters. The number of carbonyl (C=O) groups excluding carboxylic acids is 2. The van der Waals surface area contributed by atoms with Crippen LogP contribution in [0, 0.1) is 21.7 Å². The summed E-state index contributed by atoms with van der Waals surface area (Å²) in [5, 5.41) is 10.3.